The van der Waals surface area contributed by atoms with Gasteiger partial charge in [0.1, 0.15) is 0 Å². The van der Waals surface area contributed by atoms with Crippen molar-refractivity contribution >= 4 is 23.3 Å². The fraction of sp³-hybridized carbons (Fsp3) is 0.643. The molecule has 2 aliphatic heterocycles. The number of amides is 1. The van der Waals surface area contributed by atoms with Gasteiger partial charge in [-0.2, -0.15) is 0 Å². The van der Waals surface area contributed by atoms with Crippen LogP contribution in [-0.4, -0.2) is 40.4 Å². The molecule has 5 nitrogen and oxygen atoms in total. The zero-order valence-corrected chi connectivity index (χ0v) is 22.1. The van der Waals surface area contributed by atoms with Gasteiger partial charge in [-0.05, 0) is 69.4 Å². The predicted octanol–water partition coefficient (Wildman–Crippen LogP) is 6.13. The minimum Gasteiger partial charge on any atom is -0.392 e. The van der Waals surface area contributed by atoms with Crippen molar-refractivity contribution in [3.63, 3.8) is 0 Å². The molecule has 0 saturated heterocycles. The molecule has 0 fully saturated rings. The molecule has 4 atom stereocenters. The van der Waals surface area contributed by atoms with Gasteiger partial charge in [0.15, 0.2) is 0 Å². The number of aliphatic hydroxyl groups is 1. The molecule has 2 aliphatic rings. The van der Waals surface area contributed by atoms with E-state index in [1.165, 1.54) is 19.3 Å². The Morgan fingerprint density at radius 3 is 2.85 bits per heavy atom. The zero-order valence-electron chi connectivity index (χ0n) is 21.3. The molecule has 2 N–H and O–H groups in total. The number of aromatic nitrogens is 1. The lowest BCUT2D eigenvalue weighted by Gasteiger charge is -2.34. The van der Waals surface area contributed by atoms with Gasteiger partial charge in [-0.1, -0.05) is 44.6 Å². The van der Waals surface area contributed by atoms with E-state index >= 15 is 0 Å². The van der Waals surface area contributed by atoms with Crippen LogP contribution in [0.15, 0.2) is 35.3 Å². The van der Waals surface area contributed by atoms with Crippen molar-refractivity contribution in [1.29, 1.82) is 0 Å². The maximum Gasteiger partial charge on any atom is 0.223 e. The number of rotatable bonds is 2. The second-order valence-corrected chi connectivity index (χ2v) is 11.7. The summed E-state index contributed by atoms with van der Waals surface area (Å²) in [5.74, 6) is -0.133. The van der Waals surface area contributed by atoms with E-state index in [2.05, 4.69) is 42.4 Å². The predicted molar refractivity (Wildman–Crippen MR) is 141 cm³/mol. The van der Waals surface area contributed by atoms with Gasteiger partial charge in [-0.25, -0.2) is 4.98 Å². The normalized spacial score (nSPS) is 30.7. The van der Waals surface area contributed by atoms with Gasteiger partial charge in [0.25, 0.3) is 0 Å². The lowest BCUT2D eigenvalue weighted by Crippen LogP contribution is -2.38. The van der Waals surface area contributed by atoms with Crippen LogP contribution in [-0.2, 0) is 9.53 Å². The van der Waals surface area contributed by atoms with Gasteiger partial charge in [-0.3, -0.25) is 4.79 Å². The van der Waals surface area contributed by atoms with E-state index in [9.17, 15) is 9.90 Å². The number of hydrogen-bond donors (Lipinski definition) is 2. The molecule has 4 unspecified atom stereocenters. The second kappa shape index (κ2) is 12.8. The number of carbonyl (C=O) groups is 1. The first kappa shape index (κ1) is 26.8. The summed E-state index contributed by atoms with van der Waals surface area (Å²) < 4.78 is 6.30. The summed E-state index contributed by atoms with van der Waals surface area (Å²) >= 11 is 1.62. The van der Waals surface area contributed by atoms with E-state index in [1.54, 1.807) is 11.3 Å². The van der Waals surface area contributed by atoms with Gasteiger partial charge in [0.05, 0.1) is 41.5 Å². The van der Waals surface area contributed by atoms with E-state index in [0.717, 1.165) is 42.0 Å². The Kier molecular flexibility index (Phi) is 10.1. The van der Waals surface area contributed by atoms with Crippen LogP contribution in [0.25, 0.3) is 6.08 Å². The van der Waals surface area contributed by atoms with E-state index < -0.39 is 6.10 Å². The third-order valence-electron chi connectivity index (χ3n) is 6.73. The molecule has 0 aliphatic carbocycles. The molecule has 0 radical (unpaired) electrons. The van der Waals surface area contributed by atoms with E-state index in [1.807, 2.05) is 31.4 Å². The fourth-order valence-corrected chi connectivity index (χ4v) is 5.46. The Labute approximate surface area is 209 Å². The smallest absolute Gasteiger partial charge is 0.223 e. The lowest BCUT2D eigenvalue weighted by molar-refractivity contribution is -0.124. The first-order valence-electron chi connectivity index (χ1n) is 12.7. The molecule has 3 rings (SSSR count). The molecular formula is C28H42N2O3S. The number of aryl methyl sites for hydroxylation is 1. The maximum atomic E-state index is 12.8. The van der Waals surface area contributed by atoms with Crippen molar-refractivity contribution in [2.45, 2.75) is 110 Å². The summed E-state index contributed by atoms with van der Waals surface area (Å²) in [6.45, 7) is 8.70. The number of hydrogen-bond acceptors (Lipinski definition) is 5. The number of nitrogens with zero attached hydrogens (tertiary/aromatic N) is 1. The SMILES string of the molecule is C/C(=C\c1csc(C)n1)C1C/C=C\CCCCC(C)(C)CC2CC=CC(CC(O)CC(=O)N1)O2. The van der Waals surface area contributed by atoms with Crippen molar-refractivity contribution in [2.75, 3.05) is 0 Å². The summed E-state index contributed by atoms with van der Waals surface area (Å²) in [5, 5.41) is 16.8. The largest absolute Gasteiger partial charge is 0.392 e. The highest BCUT2D eigenvalue weighted by atomic mass is 32.1. The van der Waals surface area contributed by atoms with Crippen LogP contribution in [0.4, 0.5) is 0 Å². The highest BCUT2D eigenvalue weighted by Gasteiger charge is 2.28. The molecule has 1 aromatic rings. The number of allylic oxidation sites excluding steroid dienone is 1. The van der Waals surface area contributed by atoms with Gasteiger partial charge < -0.3 is 15.2 Å². The van der Waals surface area contributed by atoms with Crippen LogP contribution in [0, 0.1) is 12.3 Å². The van der Waals surface area contributed by atoms with Gasteiger partial charge in [0, 0.05) is 11.8 Å². The molecule has 0 saturated carbocycles. The molecule has 188 valence electrons. The summed E-state index contributed by atoms with van der Waals surface area (Å²) in [5.41, 5.74) is 2.22. The summed E-state index contributed by atoms with van der Waals surface area (Å²) in [6.07, 6.45) is 17.8. The zero-order chi connectivity index (χ0) is 24.6. The Morgan fingerprint density at radius 2 is 2.09 bits per heavy atom. The molecule has 2 bridgehead atoms. The van der Waals surface area contributed by atoms with E-state index in [4.69, 9.17) is 4.74 Å². The third kappa shape index (κ3) is 9.12. The molecule has 1 amide bonds. The summed E-state index contributed by atoms with van der Waals surface area (Å²) in [4.78, 5) is 17.4. The number of ether oxygens (including phenoxy) is 1. The second-order valence-electron chi connectivity index (χ2n) is 10.7. The van der Waals surface area contributed by atoms with Gasteiger partial charge >= 0.3 is 0 Å². The van der Waals surface area contributed by atoms with Crippen molar-refractivity contribution in [3.05, 3.63) is 46.0 Å². The minimum absolute atomic E-state index is 0.0766. The van der Waals surface area contributed by atoms with Crippen LogP contribution >= 0.6 is 11.3 Å². The minimum atomic E-state index is -0.734. The van der Waals surface area contributed by atoms with Crippen molar-refractivity contribution in [1.82, 2.24) is 10.3 Å². The van der Waals surface area contributed by atoms with Crippen LogP contribution in [0.2, 0.25) is 0 Å². The molecular weight excluding hydrogens is 444 g/mol. The average Bonchev–Trinajstić information content (AvgIpc) is 3.15. The Morgan fingerprint density at radius 1 is 1.26 bits per heavy atom. The molecule has 34 heavy (non-hydrogen) atoms. The van der Waals surface area contributed by atoms with Crippen LogP contribution in [0.5, 0.6) is 0 Å². The van der Waals surface area contributed by atoms with Crippen molar-refractivity contribution < 1.29 is 14.6 Å². The standard InChI is InChI=1S/C28H42N2O3S/c1-20(15-22-19-34-21(2)29-22)26-13-8-6-5-7-9-14-28(3,4)18-25-12-10-11-24(33-25)16-23(31)17-27(32)30-26/h6,8,10-11,15,19,23-26,31H,5,7,9,12-14,16-18H2,1-4H3,(H,30,32)/b8-6-,20-15+. The van der Waals surface area contributed by atoms with Crippen LogP contribution in [0.3, 0.4) is 0 Å². The number of thiazole rings is 1. The average molecular weight is 487 g/mol. The van der Waals surface area contributed by atoms with Crippen molar-refractivity contribution in [3.8, 4) is 0 Å². The van der Waals surface area contributed by atoms with Gasteiger partial charge in [-0.15, -0.1) is 11.3 Å². The van der Waals surface area contributed by atoms with E-state index in [0.29, 0.717) is 6.42 Å². The molecule has 3 heterocycles. The first-order valence-corrected chi connectivity index (χ1v) is 13.6. The van der Waals surface area contributed by atoms with Crippen molar-refractivity contribution in [2.24, 2.45) is 5.41 Å². The first-order chi connectivity index (χ1) is 16.2. The number of aliphatic hydroxyl groups excluding tert-OH is 1. The van der Waals surface area contributed by atoms with E-state index in [-0.39, 0.29) is 36.0 Å². The highest BCUT2D eigenvalue weighted by Crippen LogP contribution is 2.33. The quantitative estimate of drug-likeness (QED) is 0.493. The van der Waals surface area contributed by atoms with Crippen LogP contribution < -0.4 is 5.32 Å². The third-order valence-corrected chi connectivity index (χ3v) is 7.52. The topological polar surface area (TPSA) is 71.5 Å². The Bertz CT molecular complexity index is 886. The number of fused-ring (bicyclic) bond motifs is 2. The molecule has 6 heteroatoms. The highest BCUT2D eigenvalue weighted by molar-refractivity contribution is 7.09. The lowest BCUT2D eigenvalue weighted by atomic mass is 9.80. The molecule has 0 aromatic carbocycles. The fourth-order valence-electron chi connectivity index (χ4n) is 4.89. The number of nitrogens with one attached hydrogen (secondary N) is 1. The van der Waals surface area contributed by atoms with Crippen LogP contribution in [0.1, 0.15) is 89.3 Å². The number of carbonyl (C=O) groups excluding carboxylic acids is 1. The monoisotopic (exact) mass is 486 g/mol. The summed E-state index contributed by atoms with van der Waals surface area (Å²) in [6, 6.07) is -0.119. The summed E-state index contributed by atoms with van der Waals surface area (Å²) in [7, 11) is 0. The van der Waals surface area contributed by atoms with Gasteiger partial charge in [0.2, 0.25) is 5.91 Å². The maximum absolute atomic E-state index is 12.8. The Hall–Kier alpha value is -1.76. The molecule has 1 aromatic heterocycles. The Balaban J connectivity index is 1.71. The molecule has 0 spiro atoms.